The summed E-state index contributed by atoms with van der Waals surface area (Å²) in [7, 11) is 0. The fourth-order valence-corrected chi connectivity index (χ4v) is 2.54. The summed E-state index contributed by atoms with van der Waals surface area (Å²) in [6, 6.07) is 0.0353. The van der Waals surface area contributed by atoms with Crippen LogP contribution in [0.4, 0.5) is 4.79 Å². The van der Waals surface area contributed by atoms with Crippen LogP contribution in [0.15, 0.2) is 0 Å². The van der Waals surface area contributed by atoms with E-state index in [1.165, 1.54) is 38.5 Å². The third-order valence-corrected chi connectivity index (χ3v) is 3.33. The Morgan fingerprint density at radius 3 is 2.31 bits per heavy atom. The molecule has 74 valence electrons. The third-order valence-electron chi connectivity index (χ3n) is 3.33. The summed E-state index contributed by atoms with van der Waals surface area (Å²) in [5, 5.41) is 5.95. The van der Waals surface area contributed by atoms with Crippen LogP contribution in [0.3, 0.4) is 0 Å². The van der Waals surface area contributed by atoms with E-state index in [4.69, 9.17) is 0 Å². The Bertz CT molecular complexity index is 195. The van der Waals surface area contributed by atoms with Crippen LogP contribution in [0, 0.1) is 0 Å². The molecule has 3 heteroatoms. The predicted molar refractivity (Wildman–Crippen MR) is 51.6 cm³/mol. The normalized spacial score (nSPS) is 27.5. The van der Waals surface area contributed by atoms with Gasteiger partial charge in [-0.25, -0.2) is 4.79 Å². The number of urea groups is 1. The van der Waals surface area contributed by atoms with Gasteiger partial charge in [0.05, 0.1) is 0 Å². The van der Waals surface area contributed by atoms with Crippen molar-refractivity contribution in [1.82, 2.24) is 10.6 Å². The maximum absolute atomic E-state index is 11.2. The standard InChI is InChI=1S/C10H18N2O/c13-9-11-8-7-10(12-9)5-3-1-2-4-6-10/h1-8H2,(H2,11,12,13). The first kappa shape index (κ1) is 8.85. The van der Waals surface area contributed by atoms with Gasteiger partial charge in [-0.1, -0.05) is 25.7 Å². The van der Waals surface area contributed by atoms with Crippen molar-refractivity contribution in [2.24, 2.45) is 0 Å². The van der Waals surface area contributed by atoms with Crippen LogP contribution in [0.2, 0.25) is 0 Å². The Labute approximate surface area is 79.3 Å². The maximum Gasteiger partial charge on any atom is 0.315 e. The van der Waals surface area contributed by atoms with Crippen molar-refractivity contribution in [2.75, 3.05) is 6.54 Å². The zero-order valence-electron chi connectivity index (χ0n) is 8.07. The van der Waals surface area contributed by atoms with E-state index >= 15 is 0 Å². The molecule has 0 aromatic carbocycles. The van der Waals surface area contributed by atoms with Gasteiger partial charge in [-0.15, -0.1) is 0 Å². The Hall–Kier alpha value is -0.730. The molecule has 0 unspecified atom stereocenters. The van der Waals surface area contributed by atoms with E-state index in [1.807, 2.05) is 0 Å². The van der Waals surface area contributed by atoms with E-state index in [-0.39, 0.29) is 11.6 Å². The number of amides is 2. The molecule has 1 heterocycles. The average Bonchev–Trinajstić information content (AvgIpc) is 2.31. The first-order chi connectivity index (χ1) is 6.31. The maximum atomic E-state index is 11.2. The molecule has 1 aliphatic heterocycles. The summed E-state index contributed by atoms with van der Waals surface area (Å²) in [5.74, 6) is 0. The van der Waals surface area contributed by atoms with Crippen LogP contribution in [0.1, 0.15) is 44.9 Å². The highest BCUT2D eigenvalue weighted by molar-refractivity contribution is 5.75. The van der Waals surface area contributed by atoms with Gasteiger partial charge in [-0.2, -0.15) is 0 Å². The molecular weight excluding hydrogens is 164 g/mol. The monoisotopic (exact) mass is 182 g/mol. The van der Waals surface area contributed by atoms with Gasteiger partial charge in [0.1, 0.15) is 0 Å². The molecule has 0 aromatic heterocycles. The fourth-order valence-electron chi connectivity index (χ4n) is 2.54. The summed E-state index contributed by atoms with van der Waals surface area (Å²) in [6.45, 7) is 0.853. The van der Waals surface area contributed by atoms with E-state index in [0.717, 1.165) is 13.0 Å². The summed E-state index contributed by atoms with van der Waals surface area (Å²) >= 11 is 0. The lowest BCUT2D eigenvalue weighted by molar-refractivity contribution is 0.195. The van der Waals surface area contributed by atoms with Crippen molar-refractivity contribution in [2.45, 2.75) is 50.5 Å². The van der Waals surface area contributed by atoms with Gasteiger partial charge >= 0.3 is 6.03 Å². The summed E-state index contributed by atoms with van der Waals surface area (Å²) in [4.78, 5) is 11.2. The van der Waals surface area contributed by atoms with Gasteiger partial charge in [-0.05, 0) is 19.3 Å². The molecule has 0 bridgehead atoms. The second-order valence-electron chi connectivity index (χ2n) is 4.33. The van der Waals surface area contributed by atoms with Crippen LogP contribution in [-0.4, -0.2) is 18.1 Å². The topological polar surface area (TPSA) is 41.1 Å². The number of hydrogen-bond donors (Lipinski definition) is 2. The van der Waals surface area contributed by atoms with Crippen LogP contribution in [0.5, 0.6) is 0 Å². The summed E-state index contributed by atoms with van der Waals surface area (Å²) in [5.41, 5.74) is 0.152. The van der Waals surface area contributed by atoms with Crippen molar-refractivity contribution >= 4 is 6.03 Å². The molecule has 1 saturated heterocycles. The molecule has 1 aliphatic carbocycles. The van der Waals surface area contributed by atoms with E-state index in [2.05, 4.69) is 10.6 Å². The van der Waals surface area contributed by atoms with Crippen LogP contribution < -0.4 is 10.6 Å². The molecule has 0 aromatic rings. The molecule has 1 spiro atoms. The van der Waals surface area contributed by atoms with Crippen molar-refractivity contribution < 1.29 is 4.79 Å². The quantitative estimate of drug-likeness (QED) is 0.589. The molecule has 2 amide bonds. The van der Waals surface area contributed by atoms with Gasteiger partial charge in [-0.3, -0.25) is 0 Å². The molecular formula is C10H18N2O. The SMILES string of the molecule is O=C1NCCC2(CCCCCC2)N1. The van der Waals surface area contributed by atoms with Gasteiger partial charge in [0.25, 0.3) is 0 Å². The van der Waals surface area contributed by atoms with Crippen molar-refractivity contribution in [3.63, 3.8) is 0 Å². The Balaban J connectivity index is 2.02. The van der Waals surface area contributed by atoms with Gasteiger partial charge in [0.15, 0.2) is 0 Å². The van der Waals surface area contributed by atoms with E-state index < -0.39 is 0 Å². The van der Waals surface area contributed by atoms with Crippen molar-refractivity contribution in [1.29, 1.82) is 0 Å². The molecule has 2 fully saturated rings. The number of rotatable bonds is 0. The number of nitrogens with one attached hydrogen (secondary N) is 2. The minimum atomic E-state index is 0.0353. The first-order valence-corrected chi connectivity index (χ1v) is 5.37. The molecule has 0 atom stereocenters. The lowest BCUT2D eigenvalue weighted by Crippen LogP contribution is -2.58. The first-order valence-electron chi connectivity index (χ1n) is 5.37. The largest absolute Gasteiger partial charge is 0.338 e. The molecule has 1 saturated carbocycles. The highest BCUT2D eigenvalue weighted by Crippen LogP contribution is 2.30. The van der Waals surface area contributed by atoms with Crippen LogP contribution in [0.25, 0.3) is 0 Å². The number of carbonyl (C=O) groups excluding carboxylic acids is 1. The van der Waals surface area contributed by atoms with E-state index in [0.29, 0.717) is 0 Å². The average molecular weight is 182 g/mol. The third kappa shape index (κ3) is 1.95. The van der Waals surface area contributed by atoms with Crippen LogP contribution >= 0.6 is 0 Å². The van der Waals surface area contributed by atoms with Crippen molar-refractivity contribution in [3.05, 3.63) is 0 Å². The van der Waals surface area contributed by atoms with Crippen LogP contribution in [-0.2, 0) is 0 Å². The van der Waals surface area contributed by atoms with E-state index in [9.17, 15) is 4.79 Å². The second kappa shape index (κ2) is 3.56. The highest BCUT2D eigenvalue weighted by Gasteiger charge is 2.34. The number of hydrogen-bond acceptors (Lipinski definition) is 1. The predicted octanol–water partition coefficient (Wildman–Crippen LogP) is 1.78. The summed E-state index contributed by atoms with van der Waals surface area (Å²) < 4.78 is 0. The molecule has 13 heavy (non-hydrogen) atoms. The lowest BCUT2D eigenvalue weighted by Gasteiger charge is -2.37. The van der Waals surface area contributed by atoms with Gasteiger partial charge < -0.3 is 10.6 Å². The second-order valence-corrected chi connectivity index (χ2v) is 4.33. The Morgan fingerprint density at radius 1 is 1.00 bits per heavy atom. The molecule has 3 nitrogen and oxygen atoms in total. The zero-order chi connectivity index (χ0) is 9.15. The molecule has 2 N–H and O–H groups in total. The molecule has 0 radical (unpaired) electrons. The number of carbonyl (C=O) groups is 1. The lowest BCUT2D eigenvalue weighted by atomic mass is 9.86. The van der Waals surface area contributed by atoms with Gasteiger partial charge in [0.2, 0.25) is 0 Å². The summed E-state index contributed by atoms with van der Waals surface area (Å²) in [6.07, 6.45) is 8.70. The fraction of sp³-hybridized carbons (Fsp3) is 0.900. The van der Waals surface area contributed by atoms with E-state index in [1.54, 1.807) is 0 Å². The molecule has 2 aliphatic rings. The minimum absolute atomic E-state index is 0.0353. The smallest absolute Gasteiger partial charge is 0.315 e. The Morgan fingerprint density at radius 2 is 1.69 bits per heavy atom. The Kier molecular flexibility index (Phi) is 2.42. The van der Waals surface area contributed by atoms with Crippen molar-refractivity contribution in [3.8, 4) is 0 Å². The van der Waals surface area contributed by atoms with Gasteiger partial charge in [0, 0.05) is 12.1 Å². The minimum Gasteiger partial charge on any atom is -0.338 e. The highest BCUT2D eigenvalue weighted by atomic mass is 16.2. The molecule has 2 rings (SSSR count). The zero-order valence-corrected chi connectivity index (χ0v) is 8.07.